The molecule has 0 bridgehead atoms. The van der Waals surface area contributed by atoms with Gasteiger partial charge < -0.3 is 5.32 Å². The van der Waals surface area contributed by atoms with Crippen molar-refractivity contribution in [2.45, 2.75) is 18.9 Å². The zero-order valence-electron chi connectivity index (χ0n) is 10.3. The Morgan fingerprint density at radius 3 is 2.67 bits per heavy atom. The van der Waals surface area contributed by atoms with Gasteiger partial charge in [0, 0.05) is 32.2 Å². The lowest BCUT2D eigenvalue weighted by Gasteiger charge is -2.36. The van der Waals surface area contributed by atoms with E-state index in [0.717, 1.165) is 31.7 Å². The van der Waals surface area contributed by atoms with Crippen molar-refractivity contribution in [1.82, 2.24) is 10.2 Å². The van der Waals surface area contributed by atoms with Gasteiger partial charge in [0.2, 0.25) is 0 Å². The van der Waals surface area contributed by atoms with Crippen LogP contribution < -0.4 is 5.32 Å². The zero-order valence-corrected chi connectivity index (χ0v) is 11.9. The van der Waals surface area contributed by atoms with Gasteiger partial charge in [0.1, 0.15) is 5.82 Å². The molecule has 0 unspecified atom stereocenters. The highest BCUT2D eigenvalue weighted by molar-refractivity contribution is 9.10. The summed E-state index contributed by atoms with van der Waals surface area (Å²) in [7, 11) is 0. The van der Waals surface area contributed by atoms with E-state index in [9.17, 15) is 4.39 Å². The van der Waals surface area contributed by atoms with Crippen LogP contribution in [0.25, 0.3) is 0 Å². The van der Waals surface area contributed by atoms with Gasteiger partial charge in [-0.05, 0) is 46.3 Å². The molecule has 1 N–H and O–H groups in total. The lowest BCUT2D eigenvalue weighted by molar-refractivity contribution is 0.155. The third-order valence-corrected chi connectivity index (χ3v) is 4.75. The molecule has 0 aromatic heterocycles. The number of benzene rings is 1. The highest BCUT2D eigenvalue weighted by Gasteiger charge is 2.37. The molecule has 1 saturated heterocycles. The molecule has 2 fully saturated rings. The van der Waals surface area contributed by atoms with Gasteiger partial charge in [-0.15, -0.1) is 0 Å². The molecule has 1 heterocycles. The Morgan fingerprint density at radius 1 is 1.28 bits per heavy atom. The van der Waals surface area contributed by atoms with Crippen LogP contribution >= 0.6 is 15.9 Å². The van der Waals surface area contributed by atoms with Crippen molar-refractivity contribution in [3.05, 3.63) is 34.1 Å². The number of hydrogen-bond acceptors (Lipinski definition) is 2. The molecule has 1 aromatic rings. The summed E-state index contributed by atoms with van der Waals surface area (Å²) in [6.45, 7) is 4.19. The first-order valence-electron chi connectivity index (χ1n) is 6.66. The molecule has 2 aliphatic rings. The zero-order chi connectivity index (χ0) is 12.5. The summed E-state index contributed by atoms with van der Waals surface area (Å²) in [5, 5.41) is 3.38. The standard InChI is InChI=1S/C14H18BrFN2/c15-13-11(2-1-3-12(13)16)14(10-4-5-10)18-8-6-17-7-9-18/h1-3,10,14,17H,4-9H2/t14-/m0/s1. The second-order valence-corrected chi connectivity index (χ2v) is 6.00. The van der Waals surface area contributed by atoms with Crippen LogP contribution in [-0.2, 0) is 0 Å². The Morgan fingerprint density at radius 2 is 2.00 bits per heavy atom. The van der Waals surface area contributed by atoms with Crippen LogP contribution in [0.5, 0.6) is 0 Å². The quantitative estimate of drug-likeness (QED) is 0.923. The van der Waals surface area contributed by atoms with Gasteiger partial charge in [-0.3, -0.25) is 4.90 Å². The smallest absolute Gasteiger partial charge is 0.137 e. The van der Waals surface area contributed by atoms with Crippen LogP contribution in [0.15, 0.2) is 22.7 Å². The van der Waals surface area contributed by atoms with Crippen molar-refractivity contribution in [2.75, 3.05) is 26.2 Å². The highest BCUT2D eigenvalue weighted by Crippen LogP contribution is 2.46. The topological polar surface area (TPSA) is 15.3 Å². The molecule has 1 aromatic carbocycles. The molecule has 1 aliphatic heterocycles. The van der Waals surface area contributed by atoms with Gasteiger partial charge in [0.25, 0.3) is 0 Å². The van der Waals surface area contributed by atoms with Crippen LogP contribution in [0.2, 0.25) is 0 Å². The number of hydrogen-bond donors (Lipinski definition) is 1. The SMILES string of the molecule is Fc1cccc([C@H](C2CC2)N2CCNCC2)c1Br. The van der Waals surface area contributed by atoms with Crippen LogP contribution in [0, 0.1) is 11.7 Å². The minimum absolute atomic E-state index is 0.145. The first-order chi connectivity index (χ1) is 8.77. The van der Waals surface area contributed by atoms with Gasteiger partial charge in [0.15, 0.2) is 0 Å². The number of rotatable bonds is 3. The molecule has 98 valence electrons. The van der Waals surface area contributed by atoms with E-state index in [1.54, 1.807) is 0 Å². The minimum atomic E-state index is -0.145. The fraction of sp³-hybridized carbons (Fsp3) is 0.571. The normalized spacial score (nSPS) is 23.0. The van der Waals surface area contributed by atoms with Crippen molar-refractivity contribution in [1.29, 1.82) is 0 Å². The number of nitrogens with one attached hydrogen (secondary N) is 1. The van der Waals surface area contributed by atoms with Crippen LogP contribution in [0.4, 0.5) is 4.39 Å². The summed E-state index contributed by atoms with van der Waals surface area (Å²) in [4.78, 5) is 2.51. The predicted molar refractivity (Wildman–Crippen MR) is 74.0 cm³/mol. The Hall–Kier alpha value is -0.450. The summed E-state index contributed by atoms with van der Waals surface area (Å²) in [6, 6.07) is 5.80. The summed E-state index contributed by atoms with van der Waals surface area (Å²) in [5.41, 5.74) is 1.12. The van der Waals surface area contributed by atoms with E-state index >= 15 is 0 Å². The second-order valence-electron chi connectivity index (χ2n) is 5.21. The van der Waals surface area contributed by atoms with Crippen molar-refractivity contribution in [2.24, 2.45) is 5.92 Å². The lowest BCUT2D eigenvalue weighted by atomic mass is 9.99. The maximum absolute atomic E-state index is 13.7. The molecule has 0 spiro atoms. The lowest BCUT2D eigenvalue weighted by Crippen LogP contribution is -2.45. The van der Waals surface area contributed by atoms with Gasteiger partial charge in [0.05, 0.1) is 4.47 Å². The molecule has 1 aliphatic carbocycles. The number of piperazine rings is 1. The molecular formula is C14H18BrFN2. The summed E-state index contributed by atoms with van der Waals surface area (Å²) in [5.74, 6) is 0.564. The number of nitrogens with zero attached hydrogens (tertiary/aromatic N) is 1. The molecule has 0 radical (unpaired) electrons. The highest BCUT2D eigenvalue weighted by atomic mass is 79.9. The van der Waals surface area contributed by atoms with E-state index in [4.69, 9.17) is 0 Å². The minimum Gasteiger partial charge on any atom is -0.314 e. The molecule has 2 nitrogen and oxygen atoms in total. The van der Waals surface area contributed by atoms with Crippen LogP contribution in [0.3, 0.4) is 0 Å². The molecule has 1 atom stereocenters. The van der Waals surface area contributed by atoms with Crippen molar-refractivity contribution in [3.8, 4) is 0 Å². The Labute approximate surface area is 116 Å². The maximum atomic E-state index is 13.7. The van der Waals surface area contributed by atoms with Crippen molar-refractivity contribution >= 4 is 15.9 Å². The van der Waals surface area contributed by atoms with Gasteiger partial charge >= 0.3 is 0 Å². The average Bonchev–Trinajstić information content (AvgIpc) is 3.21. The average molecular weight is 313 g/mol. The molecule has 4 heteroatoms. The van der Waals surface area contributed by atoms with Crippen LogP contribution in [-0.4, -0.2) is 31.1 Å². The maximum Gasteiger partial charge on any atom is 0.137 e. The second kappa shape index (κ2) is 5.27. The Bertz CT molecular complexity index is 428. The summed E-state index contributed by atoms with van der Waals surface area (Å²) in [6.07, 6.45) is 2.55. The molecule has 3 rings (SSSR count). The van der Waals surface area contributed by atoms with Crippen molar-refractivity contribution < 1.29 is 4.39 Å². The third-order valence-electron chi connectivity index (χ3n) is 3.91. The molecule has 0 amide bonds. The van der Waals surface area contributed by atoms with E-state index in [1.807, 2.05) is 6.07 Å². The molecule has 18 heavy (non-hydrogen) atoms. The van der Waals surface area contributed by atoms with Gasteiger partial charge in [-0.25, -0.2) is 4.39 Å². The Kier molecular flexibility index (Phi) is 3.68. The summed E-state index contributed by atoms with van der Waals surface area (Å²) < 4.78 is 14.4. The predicted octanol–water partition coefficient (Wildman–Crippen LogP) is 2.94. The van der Waals surface area contributed by atoms with Gasteiger partial charge in [-0.1, -0.05) is 12.1 Å². The van der Waals surface area contributed by atoms with Crippen molar-refractivity contribution in [3.63, 3.8) is 0 Å². The fourth-order valence-electron chi connectivity index (χ4n) is 2.87. The third kappa shape index (κ3) is 2.46. The van der Waals surface area contributed by atoms with E-state index in [-0.39, 0.29) is 5.82 Å². The first kappa shape index (κ1) is 12.6. The van der Waals surface area contributed by atoms with E-state index in [1.165, 1.54) is 18.9 Å². The molecular weight excluding hydrogens is 295 g/mol. The molecule has 1 saturated carbocycles. The summed E-state index contributed by atoms with van der Waals surface area (Å²) >= 11 is 3.43. The fourth-order valence-corrected chi connectivity index (χ4v) is 3.37. The largest absolute Gasteiger partial charge is 0.314 e. The van der Waals surface area contributed by atoms with E-state index in [0.29, 0.717) is 16.4 Å². The van der Waals surface area contributed by atoms with E-state index in [2.05, 4.69) is 32.2 Å². The van der Waals surface area contributed by atoms with Gasteiger partial charge in [-0.2, -0.15) is 0 Å². The van der Waals surface area contributed by atoms with Crippen LogP contribution in [0.1, 0.15) is 24.4 Å². The monoisotopic (exact) mass is 312 g/mol. The number of halogens is 2. The Balaban J connectivity index is 1.90. The first-order valence-corrected chi connectivity index (χ1v) is 7.45. The van der Waals surface area contributed by atoms with E-state index < -0.39 is 0 Å².